The van der Waals surface area contributed by atoms with E-state index in [0.29, 0.717) is 29.8 Å². The number of aromatic nitrogens is 2. The fourth-order valence-electron chi connectivity index (χ4n) is 3.70. The molecule has 0 spiro atoms. The maximum atomic E-state index is 12.9. The van der Waals surface area contributed by atoms with Crippen LogP contribution in [-0.4, -0.2) is 41.0 Å². The predicted molar refractivity (Wildman–Crippen MR) is 81.8 cm³/mol. The highest BCUT2D eigenvalue weighted by atomic mass is 35.5. The fourth-order valence-corrected chi connectivity index (χ4v) is 5.58. The third kappa shape index (κ3) is 2.98. The summed E-state index contributed by atoms with van der Waals surface area (Å²) in [4.78, 5) is 0.303. The van der Waals surface area contributed by atoms with Gasteiger partial charge in [-0.3, -0.25) is 4.68 Å². The second-order valence-corrected chi connectivity index (χ2v) is 8.27. The smallest absolute Gasteiger partial charge is 0.246 e. The first-order chi connectivity index (χ1) is 10.1. The molecule has 0 radical (unpaired) electrons. The van der Waals surface area contributed by atoms with Crippen molar-refractivity contribution in [3.05, 3.63) is 12.4 Å². The lowest BCUT2D eigenvalue weighted by atomic mass is 9.97. The Bertz CT molecular complexity index is 581. The van der Waals surface area contributed by atoms with Crippen LogP contribution in [0.25, 0.3) is 0 Å². The van der Waals surface area contributed by atoms with Crippen molar-refractivity contribution in [1.82, 2.24) is 14.1 Å². The molecule has 1 aliphatic heterocycles. The van der Waals surface area contributed by atoms with Gasteiger partial charge in [-0.05, 0) is 31.6 Å². The molecule has 1 atom stereocenters. The molecular weight excluding hydrogens is 310 g/mol. The average Bonchev–Trinajstić information content (AvgIpc) is 3.20. The Balaban J connectivity index is 1.82. The van der Waals surface area contributed by atoms with Crippen molar-refractivity contribution in [2.24, 2.45) is 5.92 Å². The Labute approximate surface area is 131 Å². The van der Waals surface area contributed by atoms with Crippen LogP contribution in [0.1, 0.15) is 38.5 Å². The highest BCUT2D eigenvalue weighted by Crippen LogP contribution is 2.37. The molecule has 2 aliphatic rings. The van der Waals surface area contributed by atoms with Gasteiger partial charge in [-0.15, -0.1) is 11.6 Å². The van der Waals surface area contributed by atoms with Gasteiger partial charge in [0.05, 0.1) is 12.7 Å². The van der Waals surface area contributed by atoms with E-state index >= 15 is 0 Å². The van der Waals surface area contributed by atoms with Crippen LogP contribution < -0.4 is 0 Å². The van der Waals surface area contributed by atoms with Gasteiger partial charge in [-0.1, -0.05) is 12.8 Å². The number of aryl methyl sites for hydroxylation is 1. The van der Waals surface area contributed by atoms with Gasteiger partial charge in [0.2, 0.25) is 10.0 Å². The first-order valence-corrected chi connectivity index (χ1v) is 9.70. The number of halogens is 1. The van der Waals surface area contributed by atoms with E-state index in [9.17, 15) is 8.42 Å². The molecule has 7 heteroatoms. The first-order valence-electron chi connectivity index (χ1n) is 7.73. The fraction of sp³-hybridized carbons (Fsp3) is 0.786. The van der Waals surface area contributed by atoms with E-state index in [2.05, 4.69) is 5.10 Å². The monoisotopic (exact) mass is 331 g/mol. The van der Waals surface area contributed by atoms with Crippen molar-refractivity contribution in [3.63, 3.8) is 0 Å². The molecule has 21 heavy (non-hydrogen) atoms. The van der Waals surface area contributed by atoms with E-state index in [1.54, 1.807) is 15.2 Å². The second kappa shape index (κ2) is 6.26. The standard InChI is InChI=1S/C14H22ClN3O2S/c15-7-9-17-11-13(10-16-17)21(19,20)18-8-3-6-14(18)12-4-1-2-5-12/h10-12,14H,1-9H2. The third-order valence-electron chi connectivity index (χ3n) is 4.72. The van der Waals surface area contributed by atoms with Gasteiger partial charge >= 0.3 is 0 Å². The van der Waals surface area contributed by atoms with Crippen molar-refractivity contribution >= 4 is 21.6 Å². The van der Waals surface area contributed by atoms with Crippen LogP contribution in [0.2, 0.25) is 0 Å². The largest absolute Gasteiger partial charge is 0.270 e. The molecule has 1 saturated carbocycles. The molecule has 2 fully saturated rings. The summed E-state index contributed by atoms with van der Waals surface area (Å²) >= 11 is 5.68. The maximum absolute atomic E-state index is 12.9. The van der Waals surface area contributed by atoms with Crippen LogP contribution in [0.15, 0.2) is 17.3 Å². The molecule has 1 unspecified atom stereocenters. The Kier molecular flexibility index (Phi) is 4.57. The molecule has 3 rings (SSSR count). The van der Waals surface area contributed by atoms with Crippen LogP contribution >= 0.6 is 11.6 Å². The number of rotatable bonds is 5. The summed E-state index contributed by atoms with van der Waals surface area (Å²) in [7, 11) is -3.42. The summed E-state index contributed by atoms with van der Waals surface area (Å²) in [5, 5.41) is 4.09. The summed E-state index contributed by atoms with van der Waals surface area (Å²) in [5.74, 6) is 0.968. The van der Waals surface area contributed by atoms with Crippen LogP contribution in [-0.2, 0) is 16.6 Å². The molecule has 118 valence electrons. The lowest BCUT2D eigenvalue weighted by Crippen LogP contribution is -2.39. The predicted octanol–water partition coefficient (Wildman–Crippen LogP) is 2.47. The molecule has 5 nitrogen and oxygen atoms in total. The minimum absolute atomic E-state index is 0.189. The van der Waals surface area contributed by atoms with Crippen molar-refractivity contribution in [1.29, 1.82) is 0 Å². The first kappa shape index (κ1) is 15.3. The Hall–Kier alpha value is -0.590. The number of sulfonamides is 1. The average molecular weight is 332 g/mol. The number of nitrogens with zero attached hydrogens (tertiary/aromatic N) is 3. The molecule has 0 aromatic carbocycles. The SMILES string of the molecule is O=S(=O)(c1cnn(CCCl)c1)N1CCCC1C1CCCC1. The Morgan fingerprint density at radius 3 is 2.71 bits per heavy atom. The van der Waals surface area contributed by atoms with Crippen molar-refractivity contribution < 1.29 is 8.42 Å². The van der Waals surface area contributed by atoms with Gasteiger partial charge in [0.25, 0.3) is 0 Å². The number of hydrogen-bond donors (Lipinski definition) is 0. The van der Waals surface area contributed by atoms with E-state index < -0.39 is 10.0 Å². The minimum Gasteiger partial charge on any atom is -0.270 e. The summed E-state index contributed by atoms with van der Waals surface area (Å²) in [6.07, 6.45) is 9.83. The van der Waals surface area contributed by atoms with Gasteiger partial charge in [-0.25, -0.2) is 8.42 Å². The summed E-state index contributed by atoms with van der Waals surface area (Å²) in [5.41, 5.74) is 0. The maximum Gasteiger partial charge on any atom is 0.246 e. The molecule has 1 saturated heterocycles. The zero-order valence-electron chi connectivity index (χ0n) is 12.1. The van der Waals surface area contributed by atoms with Crippen LogP contribution in [0, 0.1) is 5.92 Å². The second-order valence-electron chi connectivity index (χ2n) is 6.00. The molecular formula is C14H22ClN3O2S. The van der Waals surface area contributed by atoms with E-state index in [-0.39, 0.29) is 6.04 Å². The highest BCUT2D eigenvalue weighted by molar-refractivity contribution is 7.89. The van der Waals surface area contributed by atoms with Crippen LogP contribution in [0.4, 0.5) is 0 Å². The number of hydrogen-bond acceptors (Lipinski definition) is 3. The van der Waals surface area contributed by atoms with Gasteiger partial charge in [0.1, 0.15) is 4.90 Å². The lowest BCUT2D eigenvalue weighted by Gasteiger charge is -2.28. The quantitative estimate of drug-likeness (QED) is 0.779. The normalized spacial score (nSPS) is 24.9. The highest BCUT2D eigenvalue weighted by Gasteiger charge is 2.40. The number of alkyl halides is 1. The van der Waals surface area contributed by atoms with E-state index in [4.69, 9.17) is 11.6 Å². The van der Waals surface area contributed by atoms with Gasteiger partial charge in [0, 0.05) is 24.7 Å². The van der Waals surface area contributed by atoms with E-state index in [1.807, 2.05) is 0 Å². The van der Waals surface area contributed by atoms with Crippen LogP contribution in [0.5, 0.6) is 0 Å². The van der Waals surface area contributed by atoms with E-state index in [1.165, 1.54) is 31.9 Å². The van der Waals surface area contributed by atoms with Crippen LogP contribution in [0.3, 0.4) is 0 Å². The molecule has 0 amide bonds. The van der Waals surface area contributed by atoms with Gasteiger partial charge in [-0.2, -0.15) is 9.40 Å². The van der Waals surface area contributed by atoms with Crippen molar-refractivity contribution in [3.8, 4) is 0 Å². The molecule has 2 heterocycles. The summed E-state index contributed by atoms with van der Waals surface area (Å²) < 4.78 is 29.0. The zero-order chi connectivity index (χ0) is 14.9. The molecule has 1 aromatic rings. The van der Waals surface area contributed by atoms with Crippen molar-refractivity contribution in [2.75, 3.05) is 12.4 Å². The van der Waals surface area contributed by atoms with Gasteiger partial charge < -0.3 is 0 Å². The molecule has 0 bridgehead atoms. The zero-order valence-corrected chi connectivity index (χ0v) is 13.7. The Morgan fingerprint density at radius 2 is 2.00 bits per heavy atom. The van der Waals surface area contributed by atoms with Crippen molar-refractivity contribution in [2.45, 2.75) is 56.0 Å². The Morgan fingerprint density at radius 1 is 1.24 bits per heavy atom. The summed E-state index contributed by atoms with van der Waals surface area (Å²) in [6.45, 7) is 1.17. The lowest BCUT2D eigenvalue weighted by molar-refractivity contribution is 0.288. The third-order valence-corrected chi connectivity index (χ3v) is 6.77. The topological polar surface area (TPSA) is 55.2 Å². The van der Waals surface area contributed by atoms with E-state index in [0.717, 1.165) is 12.8 Å². The minimum atomic E-state index is -3.42. The molecule has 1 aromatic heterocycles. The molecule has 1 aliphatic carbocycles. The molecule has 0 N–H and O–H groups in total. The van der Waals surface area contributed by atoms with Gasteiger partial charge in [0.15, 0.2) is 0 Å². The summed E-state index contributed by atoms with van der Waals surface area (Å²) in [6, 6.07) is 0.189.